The van der Waals surface area contributed by atoms with Crippen LogP contribution in [0.25, 0.3) is 0 Å². The van der Waals surface area contributed by atoms with Crippen LogP contribution in [-0.4, -0.2) is 29.8 Å². The Hall–Kier alpha value is -1.26. The minimum atomic E-state index is -0.446. The molecule has 2 N–H and O–H groups in total. The van der Waals surface area contributed by atoms with Gasteiger partial charge in [0.15, 0.2) is 6.61 Å². The Morgan fingerprint density at radius 1 is 1.37 bits per heavy atom. The van der Waals surface area contributed by atoms with Crippen LogP contribution in [0.4, 0.5) is 0 Å². The van der Waals surface area contributed by atoms with E-state index in [-0.39, 0.29) is 18.6 Å². The number of aliphatic hydroxyl groups excluding tert-OH is 1. The first-order valence-corrected chi connectivity index (χ1v) is 6.89. The third-order valence-electron chi connectivity index (χ3n) is 3.27. The van der Waals surface area contributed by atoms with E-state index in [9.17, 15) is 9.90 Å². The fraction of sp³-hybridized carbons (Fsp3) is 0.500. The van der Waals surface area contributed by atoms with Gasteiger partial charge in [-0.2, -0.15) is 0 Å². The predicted molar refractivity (Wildman–Crippen MR) is 73.4 cm³/mol. The SMILES string of the molecule is O=C(COc1ccccc1Cl)N[C@@H]1CCCC[C@H]1O. The molecule has 5 heteroatoms. The Bertz CT molecular complexity index is 438. The van der Waals surface area contributed by atoms with Crippen LogP contribution >= 0.6 is 11.6 Å². The standard InChI is InChI=1S/C14H18ClNO3/c15-10-5-1-4-8-13(10)19-9-14(18)16-11-6-2-3-7-12(11)17/h1,4-5,8,11-12,17H,2-3,6-7,9H2,(H,16,18)/t11-,12-/m1/s1. The molecule has 0 aliphatic heterocycles. The molecule has 1 saturated carbocycles. The minimum Gasteiger partial charge on any atom is -0.482 e. The zero-order chi connectivity index (χ0) is 13.7. The van der Waals surface area contributed by atoms with Gasteiger partial charge < -0.3 is 15.2 Å². The van der Waals surface area contributed by atoms with Gasteiger partial charge in [-0.1, -0.05) is 36.6 Å². The Morgan fingerprint density at radius 3 is 2.84 bits per heavy atom. The lowest BCUT2D eigenvalue weighted by atomic mass is 9.92. The van der Waals surface area contributed by atoms with Crippen molar-refractivity contribution in [3.63, 3.8) is 0 Å². The molecule has 19 heavy (non-hydrogen) atoms. The van der Waals surface area contributed by atoms with E-state index in [1.54, 1.807) is 24.3 Å². The van der Waals surface area contributed by atoms with Crippen molar-refractivity contribution in [2.75, 3.05) is 6.61 Å². The molecule has 2 rings (SSSR count). The molecule has 2 atom stereocenters. The van der Waals surface area contributed by atoms with Crippen molar-refractivity contribution >= 4 is 17.5 Å². The van der Waals surface area contributed by atoms with Crippen LogP contribution in [-0.2, 0) is 4.79 Å². The van der Waals surface area contributed by atoms with Gasteiger partial charge in [0.2, 0.25) is 0 Å². The molecule has 1 aliphatic carbocycles. The zero-order valence-electron chi connectivity index (χ0n) is 10.6. The number of hydrogen-bond acceptors (Lipinski definition) is 3. The molecule has 0 radical (unpaired) electrons. The Kier molecular flexibility index (Phi) is 5.05. The quantitative estimate of drug-likeness (QED) is 0.890. The molecule has 0 bridgehead atoms. The van der Waals surface area contributed by atoms with E-state index in [0.29, 0.717) is 10.8 Å². The van der Waals surface area contributed by atoms with Gasteiger partial charge in [0.25, 0.3) is 5.91 Å². The number of rotatable bonds is 4. The van der Waals surface area contributed by atoms with Crippen LogP contribution in [0, 0.1) is 0 Å². The smallest absolute Gasteiger partial charge is 0.258 e. The highest BCUT2D eigenvalue weighted by molar-refractivity contribution is 6.32. The molecule has 0 spiro atoms. The van der Waals surface area contributed by atoms with E-state index in [4.69, 9.17) is 16.3 Å². The summed E-state index contributed by atoms with van der Waals surface area (Å²) in [6.45, 7) is -0.0903. The number of amides is 1. The van der Waals surface area contributed by atoms with Gasteiger partial charge in [0.1, 0.15) is 5.75 Å². The fourth-order valence-corrected chi connectivity index (χ4v) is 2.42. The van der Waals surface area contributed by atoms with Gasteiger partial charge in [0.05, 0.1) is 17.2 Å². The lowest BCUT2D eigenvalue weighted by Gasteiger charge is -2.28. The molecule has 4 nitrogen and oxygen atoms in total. The maximum Gasteiger partial charge on any atom is 0.258 e. The summed E-state index contributed by atoms with van der Waals surface area (Å²) in [7, 11) is 0. The van der Waals surface area contributed by atoms with E-state index < -0.39 is 6.10 Å². The average molecular weight is 284 g/mol. The van der Waals surface area contributed by atoms with Gasteiger partial charge in [-0.3, -0.25) is 4.79 Å². The van der Waals surface area contributed by atoms with Crippen molar-refractivity contribution < 1.29 is 14.6 Å². The number of benzene rings is 1. The second-order valence-electron chi connectivity index (χ2n) is 4.74. The summed E-state index contributed by atoms with van der Waals surface area (Å²) in [6.07, 6.45) is 3.17. The predicted octanol–water partition coefficient (Wildman–Crippen LogP) is 2.14. The lowest BCUT2D eigenvalue weighted by molar-refractivity contribution is -0.125. The van der Waals surface area contributed by atoms with Crippen LogP contribution in [0.3, 0.4) is 0 Å². The molecule has 0 unspecified atom stereocenters. The molecular formula is C14H18ClNO3. The summed E-state index contributed by atoms with van der Waals surface area (Å²) in [5.74, 6) is 0.259. The minimum absolute atomic E-state index is 0.0903. The number of aliphatic hydroxyl groups is 1. The van der Waals surface area contributed by atoms with Crippen molar-refractivity contribution in [1.29, 1.82) is 0 Å². The van der Waals surface area contributed by atoms with Crippen LogP contribution in [0.1, 0.15) is 25.7 Å². The van der Waals surface area contributed by atoms with Crippen LogP contribution in [0.2, 0.25) is 5.02 Å². The van der Waals surface area contributed by atoms with Gasteiger partial charge in [0, 0.05) is 0 Å². The number of ether oxygens (including phenoxy) is 1. The summed E-state index contributed by atoms with van der Waals surface area (Å²) in [4.78, 5) is 11.8. The number of halogens is 1. The third-order valence-corrected chi connectivity index (χ3v) is 3.58. The highest BCUT2D eigenvalue weighted by atomic mass is 35.5. The molecular weight excluding hydrogens is 266 g/mol. The second kappa shape index (κ2) is 6.78. The summed E-state index contributed by atoms with van der Waals surface area (Å²) in [5.41, 5.74) is 0. The molecule has 1 aliphatic rings. The van der Waals surface area contributed by atoms with Gasteiger partial charge >= 0.3 is 0 Å². The third kappa shape index (κ3) is 4.11. The van der Waals surface area contributed by atoms with E-state index in [1.807, 2.05) is 0 Å². The number of carbonyl (C=O) groups excluding carboxylic acids is 1. The topological polar surface area (TPSA) is 58.6 Å². The van der Waals surface area contributed by atoms with Crippen LogP contribution in [0.5, 0.6) is 5.75 Å². The molecule has 1 fully saturated rings. The second-order valence-corrected chi connectivity index (χ2v) is 5.15. The van der Waals surface area contributed by atoms with E-state index in [1.165, 1.54) is 0 Å². The zero-order valence-corrected chi connectivity index (χ0v) is 11.4. The first-order chi connectivity index (χ1) is 9.16. The Labute approximate surface area is 117 Å². The first-order valence-electron chi connectivity index (χ1n) is 6.51. The van der Waals surface area contributed by atoms with Gasteiger partial charge in [-0.15, -0.1) is 0 Å². The summed E-state index contributed by atoms with van der Waals surface area (Å²) >= 11 is 5.93. The van der Waals surface area contributed by atoms with E-state index in [0.717, 1.165) is 25.7 Å². The van der Waals surface area contributed by atoms with Gasteiger partial charge in [-0.05, 0) is 25.0 Å². The summed E-state index contributed by atoms with van der Waals surface area (Å²) in [5, 5.41) is 13.1. The number of carbonyl (C=O) groups is 1. The van der Waals surface area contributed by atoms with E-state index >= 15 is 0 Å². The Morgan fingerprint density at radius 2 is 2.11 bits per heavy atom. The highest BCUT2D eigenvalue weighted by Crippen LogP contribution is 2.23. The van der Waals surface area contributed by atoms with Crippen molar-refractivity contribution in [2.45, 2.75) is 37.8 Å². The van der Waals surface area contributed by atoms with Crippen molar-refractivity contribution in [3.8, 4) is 5.75 Å². The molecule has 1 aromatic rings. The average Bonchev–Trinajstić information content (AvgIpc) is 2.40. The maximum atomic E-state index is 11.8. The molecule has 104 valence electrons. The normalized spacial score (nSPS) is 22.8. The van der Waals surface area contributed by atoms with Crippen molar-refractivity contribution in [1.82, 2.24) is 5.32 Å². The van der Waals surface area contributed by atoms with E-state index in [2.05, 4.69) is 5.32 Å². The molecule has 1 amide bonds. The largest absolute Gasteiger partial charge is 0.482 e. The molecule has 0 aromatic heterocycles. The molecule has 0 saturated heterocycles. The van der Waals surface area contributed by atoms with Gasteiger partial charge in [-0.25, -0.2) is 0 Å². The maximum absolute atomic E-state index is 11.8. The van der Waals surface area contributed by atoms with Crippen molar-refractivity contribution in [2.24, 2.45) is 0 Å². The molecule has 0 heterocycles. The molecule has 1 aromatic carbocycles. The highest BCUT2D eigenvalue weighted by Gasteiger charge is 2.24. The first kappa shape index (κ1) is 14.2. The van der Waals surface area contributed by atoms with Crippen molar-refractivity contribution in [3.05, 3.63) is 29.3 Å². The Balaban J connectivity index is 1.80. The number of para-hydroxylation sites is 1. The van der Waals surface area contributed by atoms with Crippen LogP contribution in [0.15, 0.2) is 24.3 Å². The monoisotopic (exact) mass is 283 g/mol. The summed E-state index contributed by atoms with van der Waals surface area (Å²) in [6, 6.07) is 6.86. The number of nitrogens with one attached hydrogen (secondary N) is 1. The van der Waals surface area contributed by atoms with Crippen LogP contribution < -0.4 is 10.1 Å². The lowest BCUT2D eigenvalue weighted by Crippen LogP contribution is -2.46. The number of hydrogen-bond donors (Lipinski definition) is 2. The fourth-order valence-electron chi connectivity index (χ4n) is 2.23. The summed E-state index contributed by atoms with van der Waals surface area (Å²) < 4.78 is 5.35.